The van der Waals surface area contributed by atoms with Crippen LogP contribution in [0.4, 0.5) is 0 Å². The number of nitrogens with zero attached hydrogens (tertiary/aromatic N) is 2. The van der Waals surface area contributed by atoms with E-state index in [1.807, 2.05) is 0 Å². The minimum absolute atomic E-state index is 0.232. The molecule has 0 aromatic carbocycles. The Balaban J connectivity index is 2.79. The van der Waals surface area contributed by atoms with Crippen LogP contribution in [0, 0.1) is 5.92 Å². The Morgan fingerprint density at radius 3 is 2.43 bits per heavy atom. The molecule has 4 heteroatoms. The highest BCUT2D eigenvalue weighted by Crippen LogP contribution is 2.18. The highest BCUT2D eigenvalue weighted by atomic mass is 16.5. The summed E-state index contributed by atoms with van der Waals surface area (Å²) in [4.78, 5) is 0. The van der Waals surface area contributed by atoms with E-state index in [1.165, 1.54) is 17.0 Å². The minimum Gasteiger partial charge on any atom is -0.379 e. The summed E-state index contributed by atoms with van der Waals surface area (Å²) < 4.78 is 7.83. The minimum atomic E-state index is 0.232. The summed E-state index contributed by atoms with van der Waals surface area (Å²) in [6, 6.07) is 0.232. The molecule has 0 saturated heterocycles. The molecule has 0 aliphatic heterocycles. The van der Waals surface area contributed by atoms with E-state index >= 15 is 0 Å². The second-order valence-corrected chi connectivity index (χ2v) is 6.14. The van der Waals surface area contributed by atoms with E-state index in [-0.39, 0.29) is 6.04 Å². The summed E-state index contributed by atoms with van der Waals surface area (Å²) in [5, 5.41) is 4.78. The fraction of sp³-hybridized carbons (Fsp3) is 0.824. The third-order valence-electron chi connectivity index (χ3n) is 3.81. The zero-order chi connectivity index (χ0) is 15.8. The van der Waals surface area contributed by atoms with Crippen LogP contribution in [0.3, 0.4) is 0 Å². The molecule has 0 saturated carbocycles. The lowest BCUT2D eigenvalue weighted by Crippen LogP contribution is -2.22. The second kappa shape index (κ2) is 9.21. The maximum atomic E-state index is 6.15. The third kappa shape index (κ3) is 5.44. The lowest BCUT2D eigenvalue weighted by atomic mass is 10.00. The predicted molar refractivity (Wildman–Crippen MR) is 88.6 cm³/mol. The standard InChI is InChI=1S/C17H33N3O/c1-6-14(18)11-15-16(7-2)19-20(17(15)8-3)9-10-21-12-13(4)5/h13-14H,6-12,18H2,1-5H3. The van der Waals surface area contributed by atoms with Crippen molar-refractivity contribution in [1.29, 1.82) is 0 Å². The van der Waals surface area contributed by atoms with Crippen LogP contribution >= 0.6 is 0 Å². The van der Waals surface area contributed by atoms with Crippen molar-refractivity contribution < 1.29 is 4.74 Å². The molecule has 4 nitrogen and oxygen atoms in total. The second-order valence-electron chi connectivity index (χ2n) is 6.14. The van der Waals surface area contributed by atoms with Gasteiger partial charge in [0, 0.05) is 18.3 Å². The normalized spacial score (nSPS) is 13.1. The van der Waals surface area contributed by atoms with Gasteiger partial charge in [-0.3, -0.25) is 4.68 Å². The van der Waals surface area contributed by atoms with E-state index in [1.54, 1.807) is 0 Å². The summed E-state index contributed by atoms with van der Waals surface area (Å²) in [6.45, 7) is 13.2. The molecular weight excluding hydrogens is 262 g/mol. The molecule has 1 aromatic rings. The molecule has 0 aliphatic carbocycles. The summed E-state index contributed by atoms with van der Waals surface area (Å²) in [5.74, 6) is 0.581. The van der Waals surface area contributed by atoms with E-state index < -0.39 is 0 Å². The molecule has 2 N–H and O–H groups in total. The van der Waals surface area contributed by atoms with E-state index in [2.05, 4.69) is 39.3 Å². The number of hydrogen-bond donors (Lipinski definition) is 1. The molecule has 21 heavy (non-hydrogen) atoms. The molecule has 0 radical (unpaired) electrons. The van der Waals surface area contributed by atoms with Crippen LogP contribution in [0.2, 0.25) is 0 Å². The van der Waals surface area contributed by atoms with Crippen molar-refractivity contribution in [3.63, 3.8) is 0 Å². The molecule has 122 valence electrons. The van der Waals surface area contributed by atoms with Gasteiger partial charge in [-0.25, -0.2) is 0 Å². The summed E-state index contributed by atoms with van der Waals surface area (Å²) in [5.41, 5.74) is 10.1. The Morgan fingerprint density at radius 1 is 1.19 bits per heavy atom. The number of nitrogens with two attached hydrogens (primary N) is 1. The van der Waals surface area contributed by atoms with E-state index in [4.69, 9.17) is 15.6 Å². The topological polar surface area (TPSA) is 53.1 Å². The monoisotopic (exact) mass is 295 g/mol. The average molecular weight is 295 g/mol. The maximum absolute atomic E-state index is 6.15. The van der Waals surface area contributed by atoms with Crippen LogP contribution < -0.4 is 5.73 Å². The average Bonchev–Trinajstić information content (AvgIpc) is 2.80. The van der Waals surface area contributed by atoms with Crippen molar-refractivity contribution in [3.8, 4) is 0 Å². The van der Waals surface area contributed by atoms with Gasteiger partial charge in [-0.15, -0.1) is 0 Å². The van der Waals surface area contributed by atoms with Crippen LogP contribution in [0.15, 0.2) is 0 Å². The first kappa shape index (κ1) is 18.2. The van der Waals surface area contributed by atoms with Gasteiger partial charge in [0.1, 0.15) is 0 Å². The van der Waals surface area contributed by atoms with Crippen LogP contribution in [0.1, 0.15) is 58.0 Å². The van der Waals surface area contributed by atoms with Crippen molar-refractivity contribution in [3.05, 3.63) is 17.0 Å². The van der Waals surface area contributed by atoms with Crippen LogP contribution in [-0.4, -0.2) is 29.0 Å². The zero-order valence-electron chi connectivity index (χ0n) is 14.5. The lowest BCUT2D eigenvalue weighted by molar-refractivity contribution is 0.100. The number of aromatic nitrogens is 2. The van der Waals surface area contributed by atoms with E-state index in [0.717, 1.165) is 45.4 Å². The van der Waals surface area contributed by atoms with Gasteiger partial charge in [-0.1, -0.05) is 34.6 Å². The Hall–Kier alpha value is -0.870. The van der Waals surface area contributed by atoms with Gasteiger partial charge in [0.15, 0.2) is 0 Å². The van der Waals surface area contributed by atoms with Gasteiger partial charge in [0.25, 0.3) is 0 Å². The molecule has 1 aromatic heterocycles. The highest BCUT2D eigenvalue weighted by molar-refractivity contribution is 5.28. The quantitative estimate of drug-likeness (QED) is 0.675. The molecule has 1 atom stereocenters. The molecule has 0 fully saturated rings. The van der Waals surface area contributed by atoms with Gasteiger partial charge < -0.3 is 10.5 Å². The predicted octanol–water partition coefficient (Wildman–Crippen LogP) is 2.96. The van der Waals surface area contributed by atoms with Crippen molar-refractivity contribution in [2.45, 2.75) is 72.9 Å². The fourth-order valence-electron chi connectivity index (χ4n) is 2.57. The van der Waals surface area contributed by atoms with Crippen LogP contribution in [0.25, 0.3) is 0 Å². The molecular formula is C17H33N3O. The first-order valence-electron chi connectivity index (χ1n) is 8.44. The van der Waals surface area contributed by atoms with Crippen LogP contribution in [-0.2, 0) is 30.5 Å². The van der Waals surface area contributed by atoms with Crippen molar-refractivity contribution in [2.24, 2.45) is 11.7 Å². The SMILES string of the molecule is CCc1nn(CCOCC(C)C)c(CC)c1CC(N)CC. The Morgan fingerprint density at radius 2 is 1.90 bits per heavy atom. The van der Waals surface area contributed by atoms with Gasteiger partial charge >= 0.3 is 0 Å². The number of hydrogen-bond acceptors (Lipinski definition) is 3. The van der Waals surface area contributed by atoms with Gasteiger partial charge in [-0.2, -0.15) is 5.10 Å². The first-order chi connectivity index (χ1) is 10.0. The van der Waals surface area contributed by atoms with Gasteiger partial charge in [0.05, 0.1) is 18.8 Å². The van der Waals surface area contributed by atoms with Crippen molar-refractivity contribution in [1.82, 2.24) is 9.78 Å². The van der Waals surface area contributed by atoms with Crippen molar-refractivity contribution in [2.75, 3.05) is 13.2 Å². The maximum Gasteiger partial charge on any atom is 0.0662 e. The Bertz CT molecular complexity index is 412. The molecule has 1 heterocycles. The number of rotatable bonds is 10. The van der Waals surface area contributed by atoms with Crippen molar-refractivity contribution >= 4 is 0 Å². The molecule has 0 amide bonds. The summed E-state index contributed by atoms with van der Waals surface area (Å²) in [7, 11) is 0. The van der Waals surface area contributed by atoms with E-state index in [9.17, 15) is 0 Å². The highest BCUT2D eigenvalue weighted by Gasteiger charge is 2.17. The number of ether oxygens (including phenoxy) is 1. The molecule has 0 aliphatic rings. The number of aryl methyl sites for hydroxylation is 1. The fourth-order valence-corrected chi connectivity index (χ4v) is 2.57. The molecule has 0 spiro atoms. The van der Waals surface area contributed by atoms with Gasteiger partial charge in [-0.05, 0) is 37.2 Å². The van der Waals surface area contributed by atoms with Gasteiger partial charge in [0.2, 0.25) is 0 Å². The Labute approximate surface area is 130 Å². The first-order valence-corrected chi connectivity index (χ1v) is 8.44. The molecule has 0 bridgehead atoms. The lowest BCUT2D eigenvalue weighted by Gasteiger charge is -2.12. The zero-order valence-corrected chi connectivity index (χ0v) is 14.5. The molecule has 1 rings (SSSR count). The van der Waals surface area contributed by atoms with E-state index in [0.29, 0.717) is 5.92 Å². The summed E-state index contributed by atoms with van der Waals surface area (Å²) in [6.07, 6.45) is 3.92. The van der Waals surface area contributed by atoms with Crippen LogP contribution in [0.5, 0.6) is 0 Å². The third-order valence-corrected chi connectivity index (χ3v) is 3.81. The molecule has 1 unspecified atom stereocenters. The largest absolute Gasteiger partial charge is 0.379 e. The smallest absolute Gasteiger partial charge is 0.0662 e. The Kier molecular flexibility index (Phi) is 7.97. The summed E-state index contributed by atoms with van der Waals surface area (Å²) >= 11 is 0.